The number of anilines is 1. The third-order valence-electron chi connectivity index (χ3n) is 2.03. The van der Waals surface area contributed by atoms with E-state index < -0.39 is 0 Å². The SMILES string of the molecule is CSc1nc(NN)cc(Oc2cccc(Cl)c2)n1. The molecular weight excluding hydrogens is 272 g/mol. The van der Waals surface area contributed by atoms with Crippen molar-refractivity contribution < 1.29 is 4.74 Å². The van der Waals surface area contributed by atoms with Gasteiger partial charge in [0.2, 0.25) is 5.88 Å². The number of nitrogens with two attached hydrogens (primary N) is 1. The van der Waals surface area contributed by atoms with Crippen LogP contribution in [0.15, 0.2) is 35.5 Å². The molecule has 5 nitrogen and oxygen atoms in total. The van der Waals surface area contributed by atoms with E-state index in [4.69, 9.17) is 22.2 Å². The topological polar surface area (TPSA) is 73.1 Å². The lowest BCUT2D eigenvalue weighted by atomic mass is 10.3. The van der Waals surface area contributed by atoms with Gasteiger partial charge in [0.1, 0.15) is 11.6 Å². The Morgan fingerprint density at radius 1 is 1.33 bits per heavy atom. The van der Waals surface area contributed by atoms with Crippen molar-refractivity contribution in [1.82, 2.24) is 9.97 Å². The van der Waals surface area contributed by atoms with E-state index in [1.807, 2.05) is 6.26 Å². The second-order valence-electron chi connectivity index (χ2n) is 3.28. The van der Waals surface area contributed by atoms with E-state index in [0.29, 0.717) is 27.6 Å². The van der Waals surface area contributed by atoms with Gasteiger partial charge in [0.25, 0.3) is 0 Å². The fraction of sp³-hybridized carbons (Fsp3) is 0.0909. The van der Waals surface area contributed by atoms with Crippen molar-refractivity contribution in [2.45, 2.75) is 5.16 Å². The first-order valence-electron chi connectivity index (χ1n) is 5.04. The van der Waals surface area contributed by atoms with Gasteiger partial charge in [0, 0.05) is 11.1 Å². The van der Waals surface area contributed by atoms with E-state index in [2.05, 4.69) is 15.4 Å². The van der Waals surface area contributed by atoms with Gasteiger partial charge in [0.05, 0.1) is 0 Å². The van der Waals surface area contributed by atoms with Crippen molar-refractivity contribution >= 4 is 29.2 Å². The van der Waals surface area contributed by atoms with Gasteiger partial charge in [-0.25, -0.2) is 10.8 Å². The van der Waals surface area contributed by atoms with Crippen LogP contribution in [-0.4, -0.2) is 16.2 Å². The Morgan fingerprint density at radius 2 is 2.17 bits per heavy atom. The Kier molecular flexibility index (Phi) is 4.24. The van der Waals surface area contributed by atoms with Crippen molar-refractivity contribution in [3.8, 4) is 11.6 Å². The highest BCUT2D eigenvalue weighted by molar-refractivity contribution is 7.98. The molecule has 0 amide bonds. The Balaban J connectivity index is 2.28. The van der Waals surface area contributed by atoms with E-state index in [1.165, 1.54) is 11.8 Å². The van der Waals surface area contributed by atoms with Crippen LogP contribution >= 0.6 is 23.4 Å². The molecule has 7 heteroatoms. The third kappa shape index (κ3) is 3.25. The first-order valence-corrected chi connectivity index (χ1v) is 6.64. The van der Waals surface area contributed by atoms with E-state index in [9.17, 15) is 0 Å². The predicted molar refractivity (Wildman–Crippen MR) is 73.1 cm³/mol. The highest BCUT2D eigenvalue weighted by Crippen LogP contribution is 2.25. The van der Waals surface area contributed by atoms with Gasteiger partial charge in [-0.1, -0.05) is 29.4 Å². The second-order valence-corrected chi connectivity index (χ2v) is 4.49. The second kappa shape index (κ2) is 5.90. The molecule has 0 spiro atoms. The summed E-state index contributed by atoms with van der Waals surface area (Å²) in [6, 6.07) is 8.69. The van der Waals surface area contributed by atoms with Crippen molar-refractivity contribution in [2.75, 3.05) is 11.7 Å². The molecule has 94 valence electrons. The van der Waals surface area contributed by atoms with Gasteiger partial charge >= 0.3 is 0 Å². The molecule has 0 bridgehead atoms. The number of ether oxygens (including phenoxy) is 1. The number of rotatable bonds is 4. The zero-order valence-corrected chi connectivity index (χ0v) is 11.1. The fourth-order valence-corrected chi connectivity index (χ4v) is 1.82. The summed E-state index contributed by atoms with van der Waals surface area (Å²) < 4.78 is 5.60. The normalized spacial score (nSPS) is 10.2. The number of thioether (sulfide) groups is 1. The van der Waals surface area contributed by atoms with E-state index in [1.54, 1.807) is 30.3 Å². The molecule has 0 atom stereocenters. The zero-order valence-electron chi connectivity index (χ0n) is 9.55. The quantitative estimate of drug-likeness (QED) is 0.389. The van der Waals surface area contributed by atoms with Crippen LogP contribution in [0.25, 0.3) is 0 Å². The molecule has 2 aromatic rings. The number of nitrogen functional groups attached to an aromatic ring is 1. The van der Waals surface area contributed by atoms with Crippen molar-refractivity contribution in [2.24, 2.45) is 5.84 Å². The highest BCUT2D eigenvalue weighted by Gasteiger charge is 2.05. The number of hydrogen-bond acceptors (Lipinski definition) is 6. The number of halogens is 1. The molecule has 0 saturated heterocycles. The first kappa shape index (κ1) is 12.9. The standard InChI is InChI=1S/C11H11ClN4OS/c1-18-11-14-9(16-13)6-10(15-11)17-8-4-2-3-7(12)5-8/h2-6H,13H2,1H3,(H,14,15,16). The zero-order chi connectivity index (χ0) is 13.0. The number of hydrazine groups is 1. The van der Waals surface area contributed by atoms with E-state index >= 15 is 0 Å². The van der Waals surface area contributed by atoms with E-state index in [0.717, 1.165) is 0 Å². The molecule has 1 aromatic carbocycles. The molecule has 1 aromatic heterocycles. The van der Waals surface area contributed by atoms with Crippen LogP contribution in [0, 0.1) is 0 Å². The lowest BCUT2D eigenvalue weighted by Gasteiger charge is -2.07. The highest BCUT2D eigenvalue weighted by atomic mass is 35.5. The van der Waals surface area contributed by atoms with Gasteiger partial charge in [-0.2, -0.15) is 4.98 Å². The van der Waals surface area contributed by atoms with Crippen LogP contribution < -0.4 is 16.0 Å². The molecular formula is C11H11ClN4OS. The molecule has 0 saturated carbocycles. The molecule has 2 rings (SSSR count). The molecule has 0 aliphatic rings. The molecule has 1 heterocycles. The molecule has 0 fully saturated rings. The Bertz CT molecular complexity index is 530. The summed E-state index contributed by atoms with van der Waals surface area (Å²) in [6.45, 7) is 0. The van der Waals surface area contributed by atoms with E-state index in [-0.39, 0.29) is 0 Å². The molecule has 0 radical (unpaired) electrons. The summed E-state index contributed by atoms with van der Waals surface area (Å²) in [5.74, 6) is 6.84. The summed E-state index contributed by atoms with van der Waals surface area (Å²) in [6.07, 6.45) is 1.87. The average Bonchev–Trinajstić information content (AvgIpc) is 2.38. The van der Waals surface area contributed by atoms with Crippen LogP contribution in [-0.2, 0) is 0 Å². The van der Waals surface area contributed by atoms with Gasteiger partial charge < -0.3 is 10.2 Å². The number of nitrogens with zero attached hydrogens (tertiary/aromatic N) is 2. The van der Waals surface area contributed by atoms with Crippen molar-refractivity contribution in [3.63, 3.8) is 0 Å². The maximum absolute atomic E-state index is 5.88. The fourth-order valence-electron chi connectivity index (χ4n) is 1.27. The summed E-state index contributed by atoms with van der Waals surface area (Å²) in [5, 5.41) is 1.17. The molecule has 0 aliphatic heterocycles. The molecule has 3 N–H and O–H groups in total. The van der Waals surface area contributed by atoms with Crippen LogP contribution in [0.4, 0.5) is 5.82 Å². The smallest absolute Gasteiger partial charge is 0.225 e. The largest absolute Gasteiger partial charge is 0.439 e. The minimum absolute atomic E-state index is 0.407. The Morgan fingerprint density at radius 3 is 2.83 bits per heavy atom. The molecule has 0 aliphatic carbocycles. The Hall–Kier alpha value is -1.50. The van der Waals surface area contributed by atoms with Crippen LogP contribution in [0.3, 0.4) is 0 Å². The lowest BCUT2D eigenvalue weighted by Crippen LogP contribution is -2.09. The third-order valence-corrected chi connectivity index (χ3v) is 2.81. The maximum atomic E-state index is 5.88. The van der Waals surface area contributed by atoms with Crippen molar-refractivity contribution in [1.29, 1.82) is 0 Å². The number of benzene rings is 1. The maximum Gasteiger partial charge on any atom is 0.225 e. The van der Waals surface area contributed by atoms with Crippen LogP contribution in [0.1, 0.15) is 0 Å². The number of nitrogens with one attached hydrogen (secondary N) is 1. The monoisotopic (exact) mass is 282 g/mol. The van der Waals surface area contributed by atoms with Gasteiger partial charge in [0.15, 0.2) is 5.16 Å². The van der Waals surface area contributed by atoms with Crippen molar-refractivity contribution in [3.05, 3.63) is 35.4 Å². The van der Waals surface area contributed by atoms with Crippen LogP contribution in [0.5, 0.6) is 11.6 Å². The van der Waals surface area contributed by atoms with Gasteiger partial charge in [-0.3, -0.25) is 0 Å². The lowest BCUT2D eigenvalue weighted by molar-refractivity contribution is 0.456. The number of hydrogen-bond donors (Lipinski definition) is 2. The molecule has 18 heavy (non-hydrogen) atoms. The number of aromatic nitrogens is 2. The summed E-state index contributed by atoms with van der Waals surface area (Å²) in [4.78, 5) is 8.36. The summed E-state index contributed by atoms with van der Waals surface area (Å²) >= 11 is 7.28. The summed E-state index contributed by atoms with van der Waals surface area (Å²) in [5.41, 5.74) is 2.47. The first-order chi connectivity index (χ1) is 8.71. The minimum atomic E-state index is 0.407. The minimum Gasteiger partial charge on any atom is -0.439 e. The summed E-state index contributed by atoms with van der Waals surface area (Å²) in [7, 11) is 0. The average molecular weight is 283 g/mol. The van der Waals surface area contributed by atoms with Crippen LogP contribution in [0.2, 0.25) is 5.02 Å². The molecule has 0 unspecified atom stereocenters. The van der Waals surface area contributed by atoms with Gasteiger partial charge in [-0.05, 0) is 24.5 Å². The predicted octanol–water partition coefficient (Wildman–Crippen LogP) is 2.93. The Labute approximate surface area is 114 Å². The van der Waals surface area contributed by atoms with Gasteiger partial charge in [-0.15, -0.1) is 0 Å².